The van der Waals surface area contributed by atoms with Gasteiger partial charge < -0.3 is 15.2 Å². The molecule has 1 unspecified atom stereocenters. The molecule has 0 aromatic heterocycles. The Labute approximate surface area is 132 Å². The first-order chi connectivity index (χ1) is 9.97. The molecule has 0 aliphatic rings. The van der Waals surface area contributed by atoms with Crippen LogP contribution in [0.3, 0.4) is 0 Å². The summed E-state index contributed by atoms with van der Waals surface area (Å²) in [5.74, 6) is 0.861. The van der Waals surface area contributed by atoms with E-state index in [2.05, 4.69) is 15.9 Å². The highest BCUT2D eigenvalue weighted by Crippen LogP contribution is 2.35. The van der Waals surface area contributed by atoms with Crippen molar-refractivity contribution in [2.45, 2.75) is 13.0 Å². The number of hydrogen-bond donors (Lipinski definition) is 1. The highest BCUT2D eigenvalue weighted by Gasteiger charge is 2.18. The van der Waals surface area contributed by atoms with Gasteiger partial charge in [-0.25, -0.2) is 4.39 Å². The van der Waals surface area contributed by atoms with Gasteiger partial charge in [0.2, 0.25) is 0 Å². The Hall–Kier alpha value is -1.59. The zero-order valence-electron chi connectivity index (χ0n) is 12.1. The molecular weight excluding hydrogens is 337 g/mol. The number of hydrogen-bond acceptors (Lipinski definition) is 3. The number of halogens is 2. The summed E-state index contributed by atoms with van der Waals surface area (Å²) < 4.78 is 25.3. The summed E-state index contributed by atoms with van der Waals surface area (Å²) in [6.07, 6.45) is 0. The predicted octanol–water partition coefficient (Wildman–Crippen LogP) is 3.96. The van der Waals surface area contributed by atoms with Gasteiger partial charge in [-0.15, -0.1) is 0 Å². The summed E-state index contributed by atoms with van der Waals surface area (Å²) in [7, 11) is 3.13. The Morgan fingerprint density at radius 1 is 1.05 bits per heavy atom. The molecule has 0 amide bonds. The van der Waals surface area contributed by atoms with E-state index in [9.17, 15) is 4.39 Å². The summed E-state index contributed by atoms with van der Waals surface area (Å²) in [4.78, 5) is 0. The maximum absolute atomic E-state index is 14.1. The maximum Gasteiger partial charge on any atom is 0.161 e. The summed E-state index contributed by atoms with van der Waals surface area (Å²) in [5, 5.41) is 0. The van der Waals surface area contributed by atoms with E-state index < -0.39 is 6.04 Å². The topological polar surface area (TPSA) is 44.5 Å². The quantitative estimate of drug-likeness (QED) is 0.904. The van der Waals surface area contributed by atoms with Crippen molar-refractivity contribution in [1.29, 1.82) is 0 Å². The van der Waals surface area contributed by atoms with Crippen LogP contribution in [0.15, 0.2) is 34.8 Å². The number of benzene rings is 2. The zero-order valence-corrected chi connectivity index (χ0v) is 13.7. The van der Waals surface area contributed by atoms with Crippen LogP contribution in [0.25, 0.3) is 0 Å². The normalized spacial score (nSPS) is 12.1. The molecule has 0 fully saturated rings. The van der Waals surface area contributed by atoms with Crippen molar-refractivity contribution in [3.05, 3.63) is 57.3 Å². The fourth-order valence-corrected chi connectivity index (χ4v) is 2.59. The monoisotopic (exact) mass is 353 g/mol. The van der Waals surface area contributed by atoms with Crippen LogP contribution in [-0.2, 0) is 0 Å². The lowest BCUT2D eigenvalue weighted by Crippen LogP contribution is -2.15. The summed E-state index contributed by atoms with van der Waals surface area (Å²) in [6.45, 7) is 1.91. The molecule has 0 heterocycles. The average Bonchev–Trinajstić information content (AvgIpc) is 2.46. The lowest BCUT2D eigenvalue weighted by atomic mass is 9.95. The Morgan fingerprint density at radius 3 is 2.24 bits per heavy atom. The fourth-order valence-electron chi connectivity index (χ4n) is 2.25. The minimum Gasteiger partial charge on any atom is -0.493 e. The third kappa shape index (κ3) is 3.19. The van der Waals surface area contributed by atoms with Crippen LogP contribution in [0.2, 0.25) is 0 Å². The number of aryl methyl sites for hydroxylation is 1. The molecule has 2 N–H and O–H groups in total. The van der Waals surface area contributed by atoms with Gasteiger partial charge in [-0.2, -0.15) is 0 Å². The van der Waals surface area contributed by atoms with Crippen molar-refractivity contribution >= 4 is 15.9 Å². The molecule has 2 aromatic rings. The minimum atomic E-state index is -0.571. The van der Waals surface area contributed by atoms with Crippen LogP contribution in [0, 0.1) is 12.7 Å². The molecule has 0 saturated carbocycles. The lowest BCUT2D eigenvalue weighted by Gasteiger charge is -2.19. The van der Waals surface area contributed by atoms with Gasteiger partial charge in [0.1, 0.15) is 5.82 Å². The second kappa shape index (κ2) is 6.45. The average molecular weight is 354 g/mol. The standard InChI is InChI=1S/C16H17BrFNO2/c1-9-6-14(20-2)15(21-3)8-12(9)16(19)11-5-4-10(17)7-13(11)18/h4-8,16H,19H2,1-3H3. The van der Waals surface area contributed by atoms with Crippen molar-refractivity contribution < 1.29 is 13.9 Å². The SMILES string of the molecule is COc1cc(C)c(C(N)c2ccc(Br)cc2F)cc1OC. The van der Waals surface area contributed by atoms with Gasteiger partial charge >= 0.3 is 0 Å². The number of rotatable bonds is 4. The fraction of sp³-hybridized carbons (Fsp3) is 0.250. The minimum absolute atomic E-state index is 0.342. The number of methoxy groups -OCH3 is 2. The van der Waals surface area contributed by atoms with E-state index in [0.29, 0.717) is 21.5 Å². The van der Waals surface area contributed by atoms with Crippen molar-refractivity contribution in [1.82, 2.24) is 0 Å². The molecule has 21 heavy (non-hydrogen) atoms. The van der Waals surface area contributed by atoms with Crippen molar-refractivity contribution in [3.8, 4) is 11.5 Å². The van der Waals surface area contributed by atoms with Crippen molar-refractivity contribution in [2.24, 2.45) is 5.73 Å². The van der Waals surface area contributed by atoms with Gasteiger partial charge in [0.15, 0.2) is 11.5 Å². The van der Waals surface area contributed by atoms with E-state index in [4.69, 9.17) is 15.2 Å². The Kier molecular flexibility index (Phi) is 4.85. The Bertz CT molecular complexity index is 661. The van der Waals surface area contributed by atoms with E-state index in [1.807, 2.05) is 13.0 Å². The second-order valence-corrected chi connectivity index (χ2v) is 5.62. The van der Waals surface area contributed by atoms with Gasteiger partial charge in [-0.05, 0) is 42.3 Å². The highest BCUT2D eigenvalue weighted by atomic mass is 79.9. The Morgan fingerprint density at radius 2 is 1.67 bits per heavy atom. The molecule has 0 spiro atoms. The predicted molar refractivity (Wildman–Crippen MR) is 84.4 cm³/mol. The van der Waals surface area contributed by atoms with E-state index >= 15 is 0 Å². The van der Waals surface area contributed by atoms with Gasteiger partial charge in [0.25, 0.3) is 0 Å². The summed E-state index contributed by atoms with van der Waals surface area (Å²) in [5.41, 5.74) is 8.39. The molecule has 5 heteroatoms. The molecule has 0 radical (unpaired) electrons. The van der Waals surface area contributed by atoms with Gasteiger partial charge in [-0.1, -0.05) is 22.0 Å². The van der Waals surface area contributed by atoms with Crippen molar-refractivity contribution in [3.63, 3.8) is 0 Å². The van der Waals surface area contributed by atoms with E-state index in [1.165, 1.54) is 6.07 Å². The van der Waals surface area contributed by atoms with Crippen LogP contribution in [0.1, 0.15) is 22.7 Å². The molecule has 0 saturated heterocycles. The highest BCUT2D eigenvalue weighted by molar-refractivity contribution is 9.10. The summed E-state index contributed by atoms with van der Waals surface area (Å²) >= 11 is 3.24. The first-order valence-electron chi connectivity index (χ1n) is 6.41. The smallest absolute Gasteiger partial charge is 0.161 e. The van der Waals surface area contributed by atoms with E-state index in [-0.39, 0.29) is 5.82 Å². The lowest BCUT2D eigenvalue weighted by molar-refractivity contribution is 0.354. The second-order valence-electron chi connectivity index (χ2n) is 4.71. The number of ether oxygens (including phenoxy) is 2. The van der Waals surface area contributed by atoms with Crippen LogP contribution in [0.4, 0.5) is 4.39 Å². The third-order valence-corrected chi connectivity index (χ3v) is 3.90. The molecule has 1 atom stereocenters. The zero-order chi connectivity index (χ0) is 15.6. The first kappa shape index (κ1) is 15.8. The molecule has 2 rings (SSSR count). The molecule has 112 valence electrons. The summed E-state index contributed by atoms with van der Waals surface area (Å²) in [6, 6.07) is 7.92. The van der Waals surface area contributed by atoms with Crippen LogP contribution >= 0.6 is 15.9 Å². The molecule has 0 aliphatic carbocycles. The molecule has 3 nitrogen and oxygen atoms in total. The third-order valence-electron chi connectivity index (χ3n) is 3.40. The molecule has 0 bridgehead atoms. The van der Waals surface area contributed by atoms with Gasteiger partial charge in [0.05, 0.1) is 20.3 Å². The van der Waals surface area contributed by atoms with Crippen LogP contribution in [0.5, 0.6) is 11.5 Å². The molecule has 2 aromatic carbocycles. The van der Waals surface area contributed by atoms with E-state index in [1.54, 1.807) is 32.4 Å². The molecule has 0 aliphatic heterocycles. The maximum atomic E-state index is 14.1. The van der Waals surface area contributed by atoms with Crippen LogP contribution in [-0.4, -0.2) is 14.2 Å². The van der Waals surface area contributed by atoms with E-state index in [0.717, 1.165) is 11.1 Å². The Balaban J connectivity index is 2.50. The first-order valence-corrected chi connectivity index (χ1v) is 7.20. The van der Waals surface area contributed by atoms with Crippen molar-refractivity contribution in [2.75, 3.05) is 14.2 Å². The largest absolute Gasteiger partial charge is 0.493 e. The molecular formula is C16H17BrFNO2. The number of nitrogens with two attached hydrogens (primary N) is 1. The van der Waals surface area contributed by atoms with Crippen LogP contribution < -0.4 is 15.2 Å². The van der Waals surface area contributed by atoms with Gasteiger partial charge in [0, 0.05) is 10.0 Å². The van der Waals surface area contributed by atoms with Gasteiger partial charge in [-0.3, -0.25) is 0 Å².